The number of hydrogen-bond donors (Lipinski definition) is 1. The van der Waals surface area contributed by atoms with Crippen LogP contribution in [0.25, 0.3) is 0 Å². The highest BCUT2D eigenvalue weighted by atomic mass is 32.2. The van der Waals surface area contributed by atoms with Crippen LogP contribution in [0.5, 0.6) is 0 Å². The molecule has 1 N–H and O–H groups in total. The molecule has 1 aromatic carbocycles. The summed E-state index contributed by atoms with van der Waals surface area (Å²) >= 11 is 0. The molecule has 124 valence electrons. The standard InChI is InChI=1S/C15H23FN2O3S/c1-12(2)11-18(22(3,20)21)9-8-17-15(19)10-13-4-6-14(16)7-5-13/h4-7,12H,8-11H2,1-3H3,(H,17,19). The Bertz CT molecular complexity index is 585. The number of sulfonamides is 1. The van der Waals surface area contributed by atoms with Crippen LogP contribution in [0.4, 0.5) is 4.39 Å². The van der Waals surface area contributed by atoms with Crippen molar-refractivity contribution in [3.63, 3.8) is 0 Å². The molecule has 0 unspecified atom stereocenters. The third-order valence-corrected chi connectivity index (χ3v) is 4.27. The summed E-state index contributed by atoms with van der Waals surface area (Å²) in [7, 11) is -3.28. The van der Waals surface area contributed by atoms with Crippen LogP contribution >= 0.6 is 0 Å². The first-order chi connectivity index (χ1) is 10.2. The van der Waals surface area contributed by atoms with Gasteiger partial charge in [-0.1, -0.05) is 26.0 Å². The SMILES string of the molecule is CC(C)CN(CCNC(=O)Cc1ccc(F)cc1)S(C)(=O)=O. The van der Waals surface area contributed by atoms with Crippen LogP contribution in [-0.2, 0) is 21.2 Å². The maximum absolute atomic E-state index is 12.8. The summed E-state index contributed by atoms with van der Waals surface area (Å²) in [5, 5.41) is 2.68. The number of hydrogen-bond acceptors (Lipinski definition) is 3. The predicted octanol–water partition coefficient (Wildman–Crippen LogP) is 1.40. The second-order valence-corrected chi connectivity index (χ2v) is 7.65. The van der Waals surface area contributed by atoms with E-state index in [1.807, 2.05) is 13.8 Å². The van der Waals surface area contributed by atoms with Gasteiger partial charge in [0.15, 0.2) is 0 Å². The number of benzene rings is 1. The van der Waals surface area contributed by atoms with Gasteiger partial charge in [-0.15, -0.1) is 0 Å². The van der Waals surface area contributed by atoms with Gasteiger partial charge < -0.3 is 5.32 Å². The lowest BCUT2D eigenvalue weighted by atomic mass is 10.1. The first-order valence-electron chi connectivity index (χ1n) is 7.14. The number of carbonyl (C=O) groups excluding carboxylic acids is 1. The molecule has 5 nitrogen and oxygen atoms in total. The molecular weight excluding hydrogens is 307 g/mol. The summed E-state index contributed by atoms with van der Waals surface area (Å²) in [4.78, 5) is 11.8. The molecule has 0 aromatic heterocycles. The van der Waals surface area contributed by atoms with E-state index in [1.165, 1.54) is 16.4 Å². The van der Waals surface area contributed by atoms with Crippen LogP contribution in [0.3, 0.4) is 0 Å². The zero-order valence-electron chi connectivity index (χ0n) is 13.2. The lowest BCUT2D eigenvalue weighted by molar-refractivity contribution is -0.120. The number of halogens is 1. The van der Waals surface area contributed by atoms with Crippen LogP contribution in [0.2, 0.25) is 0 Å². The highest BCUT2D eigenvalue weighted by Gasteiger charge is 2.17. The molecule has 7 heteroatoms. The van der Waals surface area contributed by atoms with E-state index in [4.69, 9.17) is 0 Å². The van der Waals surface area contributed by atoms with Crippen LogP contribution in [0.15, 0.2) is 24.3 Å². The largest absolute Gasteiger partial charge is 0.354 e. The molecule has 1 rings (SSSR count). The molecule has 0 aliphatic rings. The Morgan fingerprint density at radius 1 is 1.27 bits per heavy atom. The van der Waals surface area contributed by atoms with Crippen LogP contribution in [0, 0.1) is 11.7 Å². The van der Waals surface area contributed by atoms with Crippen molar-refractivity contribution in [2.45, 2.75) is 20.3 Å². The van der Waals surface area contributed by atoms with E-state index in [1.54, 1.807) is 12.1 Å². The zero-order valence-corrected chi connectivity index (χ0v) is 14.0. The van der Waals surface area contributed by atoms with Crippen LogP contribution < -0.4 is 5.32 Å². The maximum atomic E-state index is 12.8. The van der Waals surface area contributed by atoms with Crippen LogP contribution in [-0.4, -0.2) is 44.5 Å². The molecule has 0 saturated carbocycles. The van der Waals surface area contributed by atoms with E-state index in [0.717, 1.165) is 6.26 Å². The fourth-order valence-corrected chi connectivity index (χ4v) is 2.96. The Kier molecular flexibility index (Phi) is 6.96. The minimum Gasteiger partial charge on any atom is -0.354 e. The number of nitrogens with zero attached hydrogens (tertiary/aromatic N) is 1. The first-order valence-corrected chi connectivity index (χ1v) is 8.99. The summed E-state index contributed by atoms with van der Waals surface area (Å²) in [5.41, 5.74) is 0.709. The van der Waals surface area contributed by atoms with E-state index in [0.29, 0.717) is 12.1 Å². The van der Waals surface area contributed by atoms with Crippen LogP contribution in [0.1, 0.15) is 19.4 Å². The van der Waals surface area contributed by atoms with Gasteiger partial charge in [0.25, 0.3) is 0 Å². The quantitative estimate of drug-likeness (QED) is 0.783. The molecular formula is C15H23FN2O3S. The molecule has 1 aromatic rings. The van der Waals surface area contributed by atoms with Gasteiger partial charge in [-0.05, 0) is 23.6 Å². The number of nitrogens with one attached hydrogen (secondary N) is 1. The average Bonchev–Trinajstić information content (AvgIpc) is 2.39. The molecule has 0 heterocycles. The molecule has 0 aliphatic heterocycles. The molecule has 0 atom stereocenters. The smallest absolute Gasteiger partial charge is 0.224 e. The van der Waals surface area contributed by atoms with Gasteiger partial charge in [-0.3, -0.25) is 4.79 Å². The van der Waals surface area contributed by atoms with E-state index >= 15 is 0 Å². The van der Waals surface area contributed by atoms with Gasteiger partial charge in [0.05, 0.1) is 12.7 Å². The summed E-state index contributed by atoms with van der Waals surface area (Å²) < 4.78 is 37.4. The summed E-state index contributed by atoms with van der Waals surface area (Å²) in [6.07, 6.45) is 1.30. The van der Waals surface area contributed by atoms with Crippen molar-refractivity contribution in [1.29, 1.82) is 0 Å². The molecule has 0 radical (unpaired) electrons. The van der Waals surface area contributed by atoms with E-state index in [-0.39, 0.29) is 37.2 Å². The average molecular weight is 330 g/mol. The van der Waals surface area contributed by atoms with Gasteiger partial charge in [0, 0.05) is 19.6 Å². The van der Waals surface area contributed by atoms with Gasteiger partial charge in [-0.2, -0.15) is 0 Å². The monoisotopic (exact) mass is 330 g/mol. The van der Waals surface area contributed by atoms with Crippen molar-refractivity contribution >= 4 is 15.9 Å². The molecule has 0 fully saturated rings. The fraction of sp³-hybridized carbons (Fsp3) is 0.533. The number of carbonyl (C=O) groups is 1. The highest BCUT2D eigenvalue weighted by Crippen LogP contribution is 2.04. The van der Waals surface area contributed by atoms with Crippen molar-refractivity contribution in [3.05, 3.63) is 35.6 Å². The molecule has 0 spiro atoms. The molecule has 0 saturated heterocycles. The topological polar surface area (TPSA) is 66.5 Å². The van der Waals surface area contributed by atoms with E-state index in [9.17, 15) is 17.6 Å². The Hall–Kier alpha value is -1.47. The first kappa shape index (κ1) is 18.6. The molecule has 0 bridgehead atoms. The van der Waals surface area contributed by atoms with Crippen molar-refractivity contribution in [1.82, 2.24) is 9.62 Å². The Morgan fingerprint density at radius 3 is 2.36 bits per heavy atom. The second-order valence-electron chi connectivity index (χ2n) is 5.67. The highest BCUT2D eigenvalue weighted by molar-refractivity contribution is 7.88. The van der Waals surface area contributed by atoms with Crippen molar-refractivity contribution < 1.29 is 17.6 Å². The lowest BCUT2D eigenvalue weighted by Crippen LogP contribution is -2.40. The second kappa shape index (κ2) is 8.24. The van der Waals surface area contributed by atoms with E-state index in [2.05, 4.69) is 5.32 Å². The number of rotatable bonds is 8. The van der Waals surface area contributed by atoms with E-state index < -0.39 is 10.0 Å². The third kappa shape index (κ3) is 7.00. The summed E-state index contributed by atoms with van der Waals surface area (Å²) in [5.74, 6) is -0.351. The molecule has 0 aliphatic carbocycles. The van der Waals surface area contributed by atoms with Crippen molar-refractivity contribution in [2.24, 2.45) is 5.92 Å². The van der Waals surface area contributed by atoms with Gasteiger partial charge in [0.1, 0.15) is 5.82 Å². The maximum Gasteiger partial charge on any atom is 0.224 e. The fourth-order valence-electron chi connectivity index (χ4n) is 1.97. The number of amides is 1. The minimum absolute atomic E-state index is 0.142. The van der Waals surface area contributed by atoms with Crippen molar-refractivity contribution in [2.75, 3.05) is 25.9 Å². The third-order valence-electron chi connectivity index (χ3n) is 3.00. The summed E-state index contributed by atoms with van der Waals surface area (Å²) in [6, 6.07) is 5.71. The molecule has 1 amide bonds. The minimum atomic E-state index is -3.28. The zero-order chi connectivity index (χ0) is 16.8. The van der Waals surface area contributed by atoms with Gasteiger partial charge in [0.2, 0.25) is 15.9 Å². The van der Waals surface area contributed by atoms with Gasteiger partial charge >= 0.3 is 0 Å². The lowest BCUT2D eigenvalue weighted by Gasteiger charge is -2.22. The Labute approximate surface area is 131 Å². The predicted molar refractivity (Wildman–Crippen MR) is 84.4 cm³/mol. The Morgan fingerprint density at radius 2 is 1.86 bits per heavy atom. The van der Waals surface area contributed by atoms with Gasteiger partial charge in [-0.25, -0.2) is 17.1 Å². The molecule has 22 heavy (non-hydrogen) atoms. The Balaban J connectivity index is 2.44. The summed E-state index contributed by atoms with van der Waals surface area (Å²) in [6.45, 7) is 4.79. The van der Waals surface area contributed by atoms with Crippen molar-refractivity contribution in [3.8, 4) is 0 Å². The normalized spacial score (nSPS) is 11.9.